The highest BCUT2D eigenvalue weighted by atomic mass is 16.4. The summed E-state index contributed by atoms with van der Waals surface area (Å²) >= 11 is 0. The Morgan fingerprint density at radius 1 is 1.17 bits per heavy atom. The van der Waals surface area contributed by atoms with Gasteiger partial charge in [-0.1, -0.05) is 0 Å². The van der Waals surface area contributed by atoms with Crippen LogP contribution in [0.25, 0.3) is 0 Å². The van der Waals surface area contributed by atoms with Gasteiger partial charge >= 0.3 is 11.9 Å². The van der Waals surface area contributed by atoms with Crippen LogP contribution in [0.5, 0.6) is 0 Å². The first-order valence-corrected chi connectivity index (χ1v) is 5.03. The van der Waals surface area contributed by atoms with Crippen molar-refractivity contribution in [3.63, 3.8) is 0 Å². The highest BCUT2D eigenvalue weighted by Gasteiger charge is 2.24. The molecular weight excluding hydrogens is 246 g/mol. The van der Waals surface area contributed by atoms with E-state index in [0.717, 1.165) is 0 Å². The van der Waals surface area contributed by atoms with Crippen LogP contribution >= 0.6 is 0 Å². The predicted molar refractivity (Wildman–Crippen MR) is 58.2 cm³/mol. The molecule has 0 aliphatic heterocycles. The zero-order valence-corrected chi connectivity index (χ0v) is 9.46. The first-order chi connectivity index (χ1) is 8.23. The van der Waals surface area contributed by atoms with Gasteiger partial charge in [-0.2, -0.15) is 0 Å². The van der Waals surface area contributed by atoms with Crippen molar-refractivity contribution in [1.82, 2.24) is 5.32 Å². The fraction of sp³-hybridized carbons (Fsp3) is 0.556. The number of hydrogen-bond acceptors (Lipinski definition) is 5. The molecule has 0 aromatic heterocycles. The first kappa shape index (κ1) is 15.8. The molecule has 0 aromatic carbocycles. The lowest BCUT2D eigenvalue weighted by molar-refractivity contribution is -0.142. The maximum Gasteiger partial charge on any atom is 0.326 e. The van der Waals surface area contributed by atoms with E-state index in [-0.39, 0.29) is 12.8 Å². The van der Waals surface area contributed by atoms with Crippen LogP contribution in [-0.4, -0.2) is 46.0 Å². The van der Waals surface area contributed by atoms with E-state index < -0.39 is 42.3 Å². The SMILES string of the molecule is NC(=O)CC[C@@H](NC(=O)[C@H](N)CC(=O)O)C(=O)O. The van der Waals surface area contributed by atoms with E-state index in [1.165, 1.54) is 0 Å². The number of aliphatic carboxylic acids is 2. The Morgan fingerprint density at radius 2 is 1.72 bits per heavy atom. The predicted octanol–water partition coefficient (Wildman–Crippen LogP) is -2.38. The number of carboxylic acids is 2. The van der Waals surface area contributed by atoms with Gasteiger partial charge < -0.3 is 27.0 Å². The molecule has 2 amide bonds. The highest BCUT2D eigenvalue weighted by molar-refractivity contribution is 5.89. The van der Waals surface area contributed by atoms with Crippen molar-refractivity contribution in [2.45, 2.75) is 31.3 Å². The minimum Gasteiger partial charge on any atom is -0.481 e. The molecule has 0 spiro atoms. The van der Waals surface area contributed by atoms with Crippen molar-refractivity contribution in [2.75, 3.05) is 0 Å². The van der Waals surface area contributed by atoms with Gasteiger partial charge in [0.15, 0.2) is 0 Å². The van der Waals surface area contributed by atoms with Gasteiger partial charge in [0.1, 0.15) is 6.04 Å². The van der Waals surface area contributed by atoms with Crippen LogP contribution in [0, 0.1) is 0 Å². The largest absolute Gasteiger partial charge is 0.481 e. The van der Waals surface area contributed by atoms with Crippen LogP contribution in [0.1, 0.15) is 19.3 Å². The van der Waals surface area contributed by atoms with Crippen LogP contribution in [0.2, 0.25) is 0 Å². The summed E-state index contributed by atoms with van der Waals surface area (Å²) in [7, 11) is 0. The molecule has 0 aliphatic carbocycles. The Morgan fingerprint density at radius 3 is 2.11 bits per heavy atom. The van der Waals surface area contributed by atoms with Crippen LogP contribution in [-0.2, 0) is 19.2 Å². The molecule has 9 heteroatoms. The number of nitrogens with one attached hydrogen (secondary N) is 1. The number of carboxylic acid groups (broad SMARTS) is 2. The molecule has 0 saturated heterocycles. The third-order valence-corrected chi connectivity index (χ3v) is 2.03. The summed E-state index contributed by atoms with van der Waals surface area (Å²) in [6.45, 7) is 0. The van der Waals surface area contributed by atoms with E-state index in [9.17, 15) is 19.2 Å². The molecule has 7 N–H and O–H groups in total. The van der Waals surface area contributed by atoms with Gasteiger partial charge in [-0.25, -0.2) is 4.79 Å². The molecule has 0 radical (unpaired) electrons. The van der Waals surface area contributed by atoms with Gasteiger partial charge in [0.05, 0.1) is 12.5 Å². The monoisotopic (exact) mass is 261 g/mol. The van der Waals surface area contributed by atoms with Crippen molar-refractivity contribution in [2.24, 2.45) is 11.5 Å². The Kier molecular flexibility index (Phi) is 6.35. The van der Waals surface area contributed by atoms with Crippen LogP contribution in [0.3, 0.4) is 0 Å². The first-order valence-electron chi connectivity index (χ1n) is 5.03. The molecule has 0 heterocycles. The number of amides is 2. The van der Waals surface area contributed by atoms with E-state index in [0.29, 0.717) is 0 Å². The van der Waals surface area contributed by atoms with Crippen molar-refractivity contribution >= 4 is 23.8 Å². The Hall–Kier alpha value is -2.16. The van der Waals surface area contributed by atoms with E-state index in [1.807, 2.05) is 5.32 Å². The minimum absolute atomic E-state index is 0.184. The third-order valence-electron chi connectivity index (χ3n) is 2.03. The summed E-state index contributed by atoms with van der Waals surface area (Å²) in [4.78, 5) is 42.9. The lowest BCUT2D eigenvalue weighted by Gasteiger charge is -2.16. The molecule has 18 heavy (non-hydrogen) atoms. The maximum absolute atomic E-state index is 11.4. The van der Waals surface area contributed by atoms with E-state index >= 15 is 0 Å². The Bertz CT molecular complexity index is 356. The van der Waals surface area contributed by atoms with Crippen molar-refractivity contribution in [3.05, 3.63) is 0 Å². The normalized spacial score (nSPS) is 13.4. The minimum atomic E-state index is -1.35. The molecule has 0 saturated carbocycles. The second kappa shape index (κ2) is 7.22. The summed E-state index contributed by atoms with van der Waals surface area (Å²) in [5.74, 6) is -4.24. The van der Waals surface area contributed by atoms with Crippen molar-refractivity contribution in [3.8, 4) is 0 Å². The Labute approximate surface area is 102 Å². The van der Waals surface area contributed by atoms with E-state index in [1.54, 1.807) is 0 Å². The molecule has 0 bridgehead atoms. The molecule has 0 rings (SSSR count). The fourth-order valence-electron chi connectivity index (χ4n) is 1.10. The summed E-state index contributed by atoms with van der Waals surface area (Å²) in [5, 5.41) is 19.2. The number of nitrogens with two attached hydrogens (primary N) is 2. The van der Waals surface area contributed by atoms with E-state index in [4.69, 9.17) is 21.7 Å². The molecule has 0 fully saturated rings. The third kappa shape index (κ3) is 6.43. The van der Waals surface area contributed by atoms with Gasteiger partial charge in [-0.15, -0.1) is 0 Å². The van der Waals surface area contributed by atoms with Gasteiger partial charge in [-0.3, -0.25) is 14.4 Å². The summed E-state index contributed by atoms with van der Waals surface area (Å²) < 4.78 is 0. The topological polar surface area (TPSA) is 173 Å². The number of rotatable bonds is 8. The average Bonchev–Trinajstić information content (AvgIpc) is 2.21. The van der Waals surface area contributed by atoms with Crippen molar-refractivity contribution < 1.29 is 29.4 Å². The smallest absolute Gasteiger partial charge is 0.326 e. The maximum atomic E-state index is 11.4. The van der Waals surface area contributed by atoms with Gasteiger partial charge in [0, 0.05) is 6.42 Å². The van der Waals surface area contributed by atoms with Crippen LogP contribution in [0.4, 0.5) is 0 Å². The summed E-state index contributed by atoms with van der Waals surface area (Å²) in [5.41, 5.74) is 10.1. The standard InChI is InChI=1S/C9H15N3O6/c10-4(3-7(14)15)8(16)12-5(9(17)18)1-2-6(11)13/h4-5H,1-3,10H2,(H2,11,13)(H,12,16)(H,14,15)(H,17,18)/t4-,5-/m1/s1. The molecule has 9 nitrogen and oxygen atoms in total. The second-order valence-electron chi connectivity index (χ2n) is 3.61. The van der Waals surface area contributed by atoms with Crippen LogP contribution in [0.15, 0.2) is 0 Å². The molecule has 0 aliphatic rings. The molecule has 2 atom stereocenters. The average molecular weight is 261 g/mol. The molecular formula is C9H15N3O6. The van der Waals surface area contributed by atoms with Crippen molar-refractivity contribution in [1.29, 1.82) is 0 Å². The van der Waals surface area contributed by atoms with Crippen LogP contribution < -0.4 is 16.8 Å². The summed E-state index contributed by atoms with van der Waals surface area (Å²) in [6, 6.07) is -2.68. The number of carbonyl (C=O) groups is 4. The fourth-order valence-corrected chi connectivity index (χ4v) is 1.10. The van der Waals surface area contributed by atoms with Gasteiger partial charge in [-0.05, 0) is 6.42 Å². The van der Waals surface area contributed by atoms with E-state index in [2.05, 4.69) is 0 Å². The number of hydrogen-bond donors (Lipinski definition) is 5. The molecule has 102 valence electrons. The molecule has 0 aromatic rings. The zero-order chi connectivity index (χ0) is 14.3. The summed E-state index contributed by atoms with van der Waals surface area (Å²) in [6.07, 6.45) is -1.02. The number of carbonyl (C=O) groups excluding carboxylic acids is 2. The lowest BCUT2D eigenvalue weighted by Crippen LogP contribution is -2.49. The number of primary amides is 1. The zero-order valence-electron chi connectivity index (χ0n) is 9.46. The molecule has 0 unspecified atom stereocenters. The van der Waals surface area contributed by atoms with Gasteiger partial charge in [0.25, 0.3) is 0 Å². The van der Waals surface area contributed by atoms with Gasteiger partial charge in [0.2, 0.25) is 11.8 Å². The second-order valence-corrected chi connectivity index (χ2v) is 3.61. The Balaban J connectivity index is 4.40. The quantitative estimate of drug-likeness (QED) is 0.324. The lowest BCUT2D eigenvalue weighted by atomic mass is 10.1. The highest BCUT2D eigenvalue weighted by Crippen LogP contribution is 1.99.